The highest BCUT2D eigenvalue weighted by Crippen LogP contribution is 2.21. The average Bonchev–Trinajstić information content (AvgIpc) is 2.80. The Kier molecular flexibility index (Phi) is 3.72. The van der Waals surface area contributed by atoms with Crippen LogP contribution < -0.4 is 10.6 Å². The minimum Gasteiger partial charge on any atom is -0.359 e. The van der Waals surface area contributed by atoms with Gasteiger partial charge in [-0.05, 0) is 6.42 Å². The standard InChI is InChI=1S/C10H13F3N6/c1-2-3-14-9-18-7(15-4-10(11,12)13)6-8(19-9)17-5-16-6/h5H,2-4H2,1H3,(H3,14,15,16,17,18,19). The van der Waals surface area contributed by atoms with E-state index in [0.29, 0.717) is 17.7 Å². The molecular formula is C10H13F3N6. The predicted octanol–water partition coefficient (Wildman–Crippen LogP) is 2.15. The fraction of sp³-hybridized carbons (Fsp3) is 0.500. The summed E-state index contributed by atoms with van der Waals surface area (Å²) in [7, 11) is 0. The molecule has 0 spiro atoms. The second-order valence-electron chi connectivity index (χ2n) is 3.89. The molecule has 0 saturated carbocycles. The van der Waals surface area contributed by atoms with Gasteiger partial charge in [-0.3, -0.25) is 0 Å². The first-order valence-corrected chi connectivity index (χ1v) is 5.75. The van der Waals surface area contributed by atoms with Gasteiger partial charge in [0.15, 0.2) is 11.5 Å². The lowest BCUT2D eigenvalue weighted by Crippen LogP contribution is -2.22. The number of nitrogens with one attached hydrogen (secondary N) is 3. The van der Waals surface area contributed by atoms with Gasteiger partial charge in [0.25, 0.3) is 0 Å². The number of H-pyrrole nitrogens is 1. The molecule has 19 heavy (non-hydrogen) atoms. The Morgan fingerprint density at radius 2 is 2.05 bits per heavy atom. The molecule has 3 N–H and O–H groups in total. The molecule has 2 aromatic rings. The molecule has 2 rings (SSSR count). The number of hydrogen-bond donors (Lipinski definition) is 3. The molecular weight excluding hydrogens is 261 g/mol. The molecule has 0 aliphatic rings. The van der Waals surface area contributed by atoms with E-state index >= 15 is 0 Å². The molecule has 0 radical (unpaired) electrons. The molecule has 104 valence electrons. The van der Waals surface area contributed by atoms with Crippen LogP contribution in [0.3, 0.4) is 0 Å². The first kappa shape index (κ1) is 13.4. The van der Waals surface area contributed by atoms with Crippen molar-refractivity contribution in [3.8, 4) is 0 Å². The lowest BCUT2D eigenvalue weighted by atomic mass is 10.4. The van der Waals surface area contributed by atoms with Crippen LogP contribution in [-0.4, -0.2) is 39.2 Å². The van der Waals surface area contributed by atoms with Crippen molar-refractivity contribution in [2.75, 3.05) is 23.7 Å². The largest absolute Gasteiger partial charge is 0.405 e. The van der Waals surface area contributed by atoms with Crippen LogP contribution in [0.4, 0.5) is 24.9 Å². The Labute approximate surface area is 106 Å². The van der Waals surface area contributed by atoms with Crippen LogP contribution in [0.1, 0.15) is 13.3 Å². The van der Waals surface area contributed by atoms with Crippen LogP contribution >= 0.6 is 0 Å². The zero-order valence-corrected chi connectivity index (χ0v) is 10.2. The van der Waals surface area contributed by atoms with Crippen molar-refractivity contribution in [2.45, 2.75) is 19.5 Å². The Bertz CT molecular complexity index is 550. The van der Waals surface area contributed by atoms with Gasteiger partial charge in [-0.2, -0.15) is 23.1 Å². The van der Waals surface area contributed by atoms with Gasteiger partial charge in [-0.25, -0.2) is 4.98 Å². The summed E-state index contributed by atoms with van der Waals surface area (Å²) >= 11 is 0. The number of alkyl halides is 3. The van der Waals surface area contributed by atoms with Gasteiger partial charge in [0.2, 0.25) is 5.95 Å². The molecule has 2 heterocycles. The molecule has 0 unspecified atom stereocenters. The van der Waals surface area contributed by atoms with E-state index in [1.165, 1.54) is 6.33 Å². The number of rotatable bonds is 5. The van der Waals surface area contributed by atoms with Crippen molar-refractivity contribution in [1.82, 2.24) is 19.9 Å². The van der Waals surface area contributed by atoms with Crippen molar-refractivity contribution in [3.63, 3.8) is 0 Å². The van der Waals surface area contributed by atoms with Gasteiger partial charge < -0.3 is 15.6 Å². The lowest BCUT2D eigenvalue weighted by molar-refractivity contribution is -0.115. The third kappa shape index (κ3) is 3.46. The Morgan fingerprint density at radius 3 is 2.74 bits per heavy atom. The molecule has 0 amide bonds. The van der Waals surface area contributed by atoms with Gasteiger partial charge in [0.05, 0.1) is 6.33 Å². The van der Waals surface area contributed by atoms with Crippen LogP contribution in [0.5, 0.6) is 0 Å². The van der Waals surface area contributed by atoms with Gasteiger partial charge in [0, 0.05) is 6.54 Å². The van der Waals surface area contributed by atoms with Crippen molar-refractivity contribution in [3.05, 3.63) is 6.33 Å². The molecule has 6 nitrogen and oxygen atoms in total. The second kappa shape index (κ2) is 5.29. The highest BCUT2D eigenvalue weighted by molar-refractivity contribution is 5.83. The monoisotopic (exact) mass is 274 g/mol. The predicted molar refractivity (Wildman–Crippen MR) is 65.0 cm³/mol. The van der Waals surface area contributed by atoms with Crippen molar-refractivity contribution in [2.24, 2.45) is 0 Å². The van der Waals surface area contributed by atoms with Crippen molar-refractivity contribution >= 4 is 22.9 Å². The molecule has 0 saturated heterocycles. The number of anilines is 2. The van der Waals surface area contributed by atoms with Gasteiger partial charge in [0.1, 0.15) is 12.1 Å². The fourth-order valence-electron chi connectivity index (χ4n) is 1.46. The summed E-state index contributed by atoms with van der Waals surface area (Å²) in [6, 6.07) is 0. The first-order chi connectivity index (χ1) is 8.99. The Balaban J connectivity index is 2.26. The third-order valence-electron chi connectivity index (χ3n) is 2.28. The molecule has 0 aliphatic carbocycles. The molecule has 9 heteroatoms. The van der Waals surface area contributed by atoms with Crippen LogP contribution in [-0.2, 0) is 0 Å². The number of fused-ring (bicyclic) bond motifs is 1. The number of nitrogens with zero attached hydrogens (tertiary/aromatic N) is 3. The molecule has 0 bridgehead atoms. The molecule has 0 atom stereocenters. The van der Waals surface area contributed by atoms with Crippen LogP contribution in [0, 0.1) is 0 Å². The van der Waals surface area contributed by atoms with E-state index in [4.69, 9.17) is 0 Å². The summed E-state index contributed by atoms with van der Waals surface area (Å²) in [6.07, 6.45) is -2.09. The third-order valence-corrected chi connectivity index (χ3v) is 2.28. The van der Waals surface area contributed by atoms with Gasteiger partial charge >= 0.3 is 6.18 Å². The van der Waals surface area contributed by atoms with Crippen molar-refractivity contribution in [1.29, 1.82) is 0 Å². The minimum atomic E-state index is -4.31. The van der Waals surface area contributed by atoms with E-state index in [1.54, 1.807) is 0 Å². The smallest absolute Gasteiger partial charge is 0.359 e. The number of halogens is 3. The highest BCUT2D eigenvalue weighted by Gasteiger charge is 2.27. The first-order valence-electron chi connectivity index (χ1n) is 5.75. The van der Waals surface area contributed by atoms with E-state index < -0.39 is 12.7 Å². The number of aromatic amines is 1. The molecule has 2 aromatic heterocycles. The fourth-order valence-corrected chi connectivity index (χ4v) is 1.46. The van der Waals surface area contributed by atoms with Crippen LogP contribution in [0.15, 0.2) is 6.33 Å². The van der Waals surface area contributed by atoms with Gasteiger partial charge in [-0.1, -0.05) is 6.92 Å². The maximum atomic E-state index is 12.2. The average molecular weight is 274 g/mol. The van der Waals surface area contributed by atoms with E-state index in [-0.39, 0.29) is 11.8 Å². The van der Waals surface area contributed by atoms with E-state index in [9.17, 15) is 13.2 Å². The van der Waals surface area contributed by atoms with Crippen LogP contribution in [0.25, 0.3) is 11.2 Å². The lowest BCUT2D eigenvalue weighted by Gasteiger charge is -2.10. The quantitative estimate of drug-likeness (QED) is 0.778. The summed E-state index contributed by atoms with van der Waals surface area (Å²) in [5, 5.41) is 5.16. The van der Waals surface area contributed by atoms with Crippen molar-refractivity contribution < 1.29 is 13.2 Å². The van der Waals surface area contributed by atoms with E-state index in [2.05, 4.69) is 30.6 Å². The highest BCUT2D eigenvalue weighted by atomic mass is 19.4. The number of hydrogen-bond acceptors (Lipinski definition) is 5. The summed E-state index contributed by atoms with van der Waals surface area (Å²) in [6.45, 7) is 1.43. The van der Waals surface area contributed by atoms with E-state index in [0.717, 1.165) is 6.42 Å². The molecule has 0 aromatic carbocycles. The Morgan fingerprint density at radius 1 is 1.26 bits per heavy atom. The maximum absolute atomic E-state index is 12.2. The zero-order valence-electron chi connectivity index (χ0n) is 10.2. The summed E-state index contributed by atoms with van der Waals surface area (Å²) in [5.74, 6) is 0.338. The summed E-state index contributed by atoms with van der Waals surface area (Å²) in [4.78, 5) is 14.7. The van der Waals surface area contributed by atoms with E-state index in [1.807, 2.05) is 6.92 Å². The number of imidazole rings is 1. The molecule has 0 fully saturated rings. The van der Waals surface area contributed by atoms with Gasteiger partial charge in [-0.15, -0.1) is 0 Å². The topological polar surface area (TPSA) is 78.5 Å². The zero-order chi connectivity index (χ0) is 13.9. The number of aromatic nitrogens is 4. The minimum absolute atomic E-state index is 0.0819. The normalized spacial score (nSPS) is 11.8. The summed E-state index contributed by atoms with van der Waals surface area (Å²) in [5.41, 5.74) is 0.671. The Hall–Kier alpha value is -2.06. The molecule has 0 aliphatic heterocycles. The van der Waals surface area contributed by atoms with Crippen LogP contribution in [0.2, 0.25) is 0 Å². The maximum Gasteiger partial charge on any atom is 0.405 e. The second-order valence-corrected chi connectivity index (χ2v) is 3.89. The summed E-state index contributed by atoms with van der Waals surface area (Å²) < 4.78 is 36.7. The SMILES string of the molecule is CCCNc1nc(NCC(F)(F)F)c2[nH]cnc2n1.